The first-order chi connectivity index (χ1) is 12.5. The number of carboxylic acid groups (broad SMARTS) is 1. The van der Waals surface area contributed by atoms with Crippen molar-refractivity contribution >= 4 is 17.7 Å². The molecule has 1 amide bonds. The molecule has 0 aromatic heterocycles. The highest BCUT2D eigenvalue weighted by Crippen LogP contribution is 2.45. The van der Waals surface area contributed by atoms with Crippen LogP contribution in [-0.2, 0) is 9.53 Å². The van der Waals surface area contributed by atoms with Crippen LogP contribution in [0.2, 0.25) is 0 Å². The molecule has 2 rings (SSSR count). The van der Waals surface area contributed by atoms with E-state index in [9.17, 15) is 38.0 Å². The van der Waals surface area contributed by atoms with Crippen molar-refractivity contribution in [2.45, 2.75) is 19.0 Å². The number of alkyl halides is 3. The number of carbonyl (C=O) groups is 2. The Morgan fingerprint density at radius 3 is 2.37 bits per heavy atom. The van der Waals surface area contributed by atoms with Crippen molar-refractivity contribution in [1.82, 2.24) is 4.90 Å². The maximum absolute atomic E-state index is 13.7. The van der Waals surface area contributed by atoms with Crippen LogP contribution in [0.1, 0.15) is 18.4 Å². The molecule has 1 atom stereocenters. The van der Waals surface area contributed by atoms with Gasteiger partial charge in [0.25, 0.3) is 5.69 Å². The average molecular weight is 386 g/mol. The van der Waals surface area contributed by atoms with Gasteiger partial charge in [0.1, 0.15) is 5.70 Å². The normalized spacial score (nSPS) is 17.4. The zero-order chi connectivity index (χ0) is 20.5. The molecule has 1 aliphatic heterocycles. The molecule has 1 aromatic carbocycles. The molecule has 0 saturated carbocycles. The van der Waals surface area contributed by atoms with Gasteiger partial charge in [0.15, 0.2) is 0 Å². The number of carbonyl (C=O) groups excluding carboxylic acids is 1. The smallest absolute Gasteiger partial charge is 0.432 e. The van der Waals surface area contributed by atoms with Crippen LogP contribution in [0.25, 0.3) is 0 Å². The van der Waals surface area contributed by atoms with Gasteiger partial charge in [-0.15, -0.1) is 0 Å². The van der Waals surface area contributed by atoms with Gasteiger partial charge in [-0.1, -0.05) is 24.3 Å². The Hall–Kier alpha value is -3.37. The summed E-state index contributed by atoms with van der Waals surface area (Å²) in [6.45, 7) is 1.09. The number of hydrogen-bond acceptors (Lipinski definition) is 5. The minimum absolute atomic E-state index is 0.0858. The third kappa shape index (κ3) is 3.61. The molecule has 0 saturated heterocycles. The molecule has 11 heteroatoms. The number of para-hydroxylation sites is 1. The van der Waals surface area contributed by atoms with Crippen molar-refractivity contribution in [1.29, 1.82) is 0 Å². The molecule has 0 radical (unpaired) electrons. The summed E-state index contributed by atoms with van der Waals surface area (Å²) in [5, 5.41) is 20.5. The summed E-state index contributed by atoms with van der Waals surface area (Å²) in [5.74, 6) is -2.97. The summed E-state index contributed by atoms with van der Waals surface area (Å²) in [7, 11) is 0.829. The lowest BCUT2D eigenvalue weighted by Crippen LogP contribution is -2.40. The predicted molar refractivity (Wildman–Crippen MR) is 84.6 cm³/mol. The first-order valence-corrected chi connectivity index (χ1v) is 7.35. The van der Waals surface area contributed by atoms with Crippen molar-refractivity contribution in [3.05, 3.63) is 63.0 Å². The van der Waals surface area contributed by atoms with E-state index in [0.29, 0.717) is 0 Å². The molecular formula is C16H13F3N2O6. The quantitative estimate of drug-likeness (QED) is 0.483. The molecule has 1 aromatic rings. The van der Waals surface area contributed by atoms with E-state index in [1.165, 1.54) is 18.2 Å². The summed E-state index contributed by atoms with van der Waals surface area (Å²) in [6, 6.07) is 4.94. The second-order valence-electron chi connectivity index (χ2n) is 5.47. The monoisotopic (exact) mass is 386 g/mol. The van der Waals surface area contributed by atoms with Crippen LogP contribution in [0.15, 0.2) is 47.3 Å². The summed E-state index contributed by atoms with van der Waals surface area (Å²) in [4.78, 5) is 33.9. The number of halogens is 3. The van der Waals surface area contributed by atoms with Gasteiger partial charge in [-0.05, 0) is 6.92 Å². The Bertz CT molecular complexity index is 875. The Labute approximate surface area is 150 Å². The van der Waals surface area contributed by atoms with Gasteiger partial charge in [-0.3, -0.25) is 10.1 Å². The highest BCUT2D eigenvalue weighted by Gasteiger charge is 2.49. The second-order valence-corrected chi connectivity index (χ2v) is 5.47. The van der Waals surface area contributed by atoms with Crippen LogP contribution in [0.5, 0.6) is 0 Å². The number of nitro benzene ring substituents is 1. The number of rotatable bonds is 3. The number of ether oxygens (including phenoxy) is 1. The molecule has 1 N–H and O–H groups in total. The molecule has 0 bridgehead atoms. The van der Waals surface area contributed by atoms with Gasteiger partial charge >= 0.3 is 18.2 Å². The fraction of sp³-hybridized carbons (Fsp3) is 0.250. The van der Waals surface area contributed by atoms with E-state index in [4.69, 9.17) is 0 Å². The molecule has 1 unspecified atom stereocenters. The van der Waals surface area contributed by atoms with Crippen LogP contribution in [0, 0.1) is 10.1 Å². The number of nitro groups is 1. The summed E-state index contributed by atoms with van der Waals surface area (Å²) in [5.41, 5.74) is -3.88. The number of esters is 1. The lowest BCUT2D eigenvalue weighted by molar-refractivity contribution is -0.385. The van der Waals surface area contributed by atoms with Crippen molar-refractivity contribution in [2.24, 2.45) is 0 Å². The van der Waals surface area contributed by atoms with Crippen LogP contribution in [0.4, 0.5) is 23.7 Å². The number of hydrogen-bond donors (Lipinski definition) is 1. The van der Waals surface area contributed by atoms with E-state index < -0.39 is 46.0 Å². The largest absolute Gasteiger partial charge is 0.466 e. The third-order valence-electron chi connectivity index (χ3n) is 3.88. The van der Waals surface area contributed by atoms with Gasteiger partial charge < -0.3 is 9.84 Å². The zero-order valence-electron chi connectivity index (χ0n) is 14.0. The molecule has 0 aliphatic carbocycles. The lowest BCUT2D eigenvalue weighted by atomic mass is 9.85. The minimum atomic E-state index is -5.24. The van der Waals surface area contributed by atoms with Crippen LogP contribution >= 0.6 is 0 Å². The van der Waals surface area contributed by atoms with Crippen LogP contribution in [-0.4, -0.2) is 40.3 Å². The average Bonchev–Trinajstić information content (AvgIpc) is 2.58. The maximum Gasteiger partial charge on any atom is 0.432 e. The number of nitrogens with zero attached hydrogens (tertiary/aromatic N) is 2. The van der Waals surface area contributed by atoms with E-state index >= 15 is 0 Å². The van der Waals surface area contributed by atoms with Crippen LogP contribution < -0.4 is 0 Å². The first kappa shape index (κ1) is 19.9. The summed E-state index contributed by atoms with van der Waals surface area (Å²) >= 11 is 0. The van der Waals surface area contributed by atoms with Crippen LogP contribution in [0.3, 0.4) is 0 Å². The topological polar surface area (TPSA) is 110 Å². The molecule has 1 heterocycles. The van der Waals surface area contributed by atoms with Gasteiger partial charge in [0, 0.05) is 23.2 Å². The number of allylic oxidation sites excluding steroid dienone is 3. The van der Waals surface area contributed by atoms with Crippen molar-refractivity contribution in [3.8, 4) is 0 Å². The number of amides is 1. The van der Waals surface area contributed by atoms with Gasteiger partial charge in [0.2, 0.25) is 0 Å². The van der Waals surface area contributed by atoms with Gasteiger partial charge in [-0.25, -0.2) is 14.5 Å². The highest BCUT2D eigenvalue weighted by atomic mass is 19.4. The van der Waals surface area contributed by atoms with E-state index in [-0.39, 0.29) is 16.2 Å². The van der Waals surface area contributed by atoms with Gasteiger partial charge in [0.05, 0.1) is 17.6 Å². The molecule has 0 spiro atoms. The lowest BCUT2D eigenvalue weighted by Gasteiger charge is -2.33. The van der Waals surface area contributed by atoms with Crippen molar-refractivity contribution in [2.75, 3.05) is 7.11 Å². The Kier molecular flexibility index (Phi) is 5.24. The Balaban J connectivity index is 2.89. The van der Waals surface area contributed by atoms with Crippen molar-refractivity contribution in [3.63, 3.8) is 0 Å². The summed E-state index contributed by atoms with van der Waals surface area (Å²) < 4.78 is 45.5. The second kappa shape index (κ2) is 7.09. The van der Waals surface area contributed by atoms with Gasteiger partial charge in [-0.2, -0.15) is 13.2 Å². The van der Waals surface area contributed by atoms with E-state index in [1.807, 2.05) is 0 Å². The fourth-order valence-electron chi connectivity index (χ4n) is 2.86. The third-order valence-corrected chi connectivity index (χ3v) is 3.88. The first-order valence-electron chi connectivity index (χ1n) is 7.35. The summed E-state index contributed by atoms with van der Waals surface area (Å²) in [6.07, 6.45) is -6.16. The Morgan fingerprint density at radius 2 is 1.89 bits per heavy atom. The minimum Gasteiger partial charge on any atom is -0.466 e. The van der Waals surface area contributed by atoms with E-state index in [0.717, 1.165) is 26.2 Å². The zero-order valence-corrected chi connectivity index (χ0v) is 14.0. The SMILES string of the molecule is COC(=O)C1=C(C(F)(F)F)N(C(=O)O)C(C)=CC1c1ccccc1[N+](=O)[O-]. The number of benzene rings is 1. The molecule has 144 valence electrons. The predicted octanol–water partition coefficient (Wildman–Crippen LogP) is 3.57. The molecular weight excluding hydrogens is 373 g/mol. The maximum atomic E-state index is 13.7. The molecule has 1 aliphatic rings. The fourth-order valence-corrected chi connectivity index (χ4v) is 2.86. The van der Waals surface area contributed by atoms with E-state index in [1.54, 1.807) is 0 Å². The van der Waals surface area contributed by atoms with Crippen molar-refractivity contribution < 1.29 is 37.5 Å². The Morgan fingerprint density at radius 1 is 1.30 bits per heavy atom. The molecule has 8 nitrogen and oxygen atoms in total. The molecule has 27 heavy (non-hydrogen) atoms. The van der Waals surface area contributed by atoms with E-state index in [2.05, 4.69) is 4.74 Å². The highest BCUT2D eigenvalue weighted by molar-refractivity contribution is 5.94. The molecule has 0 fully saturated rings. The number of methoxy groups -OCH3 is 1. The standard InChI is InChI=1S/C16H13F3N2O6/c1-8-7-10(9-5-3-4-6-11(9)21(25)26)12(14(22)27-2)13(16(17,18)19)20(8)15(23)24/h3-7,10H,1-2H3,(H,23,24).